The quantitative estimate of drug-likeness (QED) is 0.163. The lowest BCUT2D eigenvalue weighted by molar-refractivity contribution is -0.143. The molecule has 43 heavy (non-hydrogen) atoms. The van der Waals surface area contributed by atoms with Crippen LogP contribution in [0.5, 0.6) is 0 Å². The molecule has 6 nitrogen and oxygen atoms in total. The van der Waals surface area contributed by atoms with Crippen molar-refractivity contribution >= 4 is 18.3 Å². The standard InChI is InChI=1S/C28H27F9N2O4/c1-42-25(41)39(14-16-9-19(27(32,33)34)11-20(10-16)28(35,36)37)24-13-23(17-3-4-17)38(7-2-8-43-15-40)22-6-5-18(12-21(22)24)26(29,30)31/h5-6,9-12,15,17,23-24H,2-4,7-8,13-14H2,1H3. The summed E-state index contributed by atoms with van der Waals surface area (Å²) in [5.74, 6) is 0.0785. The van der Waals surface area contributed by atoms with Crippen molar-refractivity contribution in [2.45, 2.75) is 62.8 Å². The summed E-state index contributed by atoms with van der Waals surface area (Å²) in [5.41, 5.74) is -4.43. The van der Waals surface area contributed by atoms with Crippen LogP contribution in [0.2, 0.25) is 0 Å². The molecule has 0 spiro atoms. The van der Waals surface area contributed by atoms with Crippen LogP contribution in [0.4, 0.5) is 50.0 Å². The summed E-state index contributed by atoms with van der Waals surface area (Å²) in [7, 11) is 0.955. The number of anilines is 1. The van der Waals surface area contributed by atoms with E-state index >= 15 is 0 Å². The maximum atomic E-state index is 13.8. The van der Waals surface area contributed by atoms with E-state index in [2.05, 4.69) is 0 Å². The lowest BCUT2D eigenvalue weighted by atomic mass is 9.86. The summed E-state index contributed by atoms with van der Waals surface area (Å²) < 4.78 is 132. The first-order chi connectivity index (χ1) is 20.0. The molecule has 1 amide bonds. The van der Waals surface area contributed by atoms with Crippen molar-refractivity contribution in [1.82, 2.24) is 4.90 Å². The zero-order valence-corrected chi connectivity index (χ0v) is 22.7. The molecule has 1 heterocycles. The second-order valence-electron chi connectivity index (χ2n) is 10.5. The Balaban J connectivity index is 1.83. The molecule has 1 aliphatic heterocycles. The third kappa shape index (κ3) is 7.47. The summed E-state index contributed by atoms with van der Waals surface area (Å²) in [5, 5.41) is 0. The predicted octanol–water partition coefficient (Wildman–Crippen LogP) is 7.60. The minimum absolute atomic E-state index is 0.0106. The summed E-state index contributed by atoms with van der Waals surface area (Å²) in [6, 6.07) is 2.32. The fraction of sp³-hybridized carbons (Fsp3) is 0.500. The van der Waals surface area contributed by atoms with Crippen molar-refractivity contribution in [2.75, 3.05) is 25.2 Å². The van der Waals surface area contributed by atoms with Crippen molar-refractivity contribution in [3.63, 3.8) is 0 Å². The normalized spacial score (nSPS) is 19.1. The van der Waals surface area contributed by atoms with Gasteiger partial charge in [0.05, 0.1) is 36.4 Å². The molecule has 0 aromatic heterocycles. The second kappa shape index (κ2) is 12.2. The van der Waals surface area contributed by atoms with E-state index in [1.807, 2.05) is 4.90 Å². The highest BCUT2D eigenvalue weighted by Crippen LogP contribution is 2.50. The van der Waals surface area contributed by atoms with Crippen LogP contribution in [0.3, 0.4) is 0 Å². The van der Waals surface area contributed by atoms with E-state index in [1.54, 1.807) is 0 Å². The van der Waals surface area contributed by atoms with Gasteiger partial charge in [0.25, 0.3) is 6.47 Å². The Morgan fingerprint density at radius 2 is 1.53 bits per heavy atom. The summed E-state index contributed by atoms with van der Waals surface area (Å²) in [6.07, 6.45) is -14.3. The van der Waals surface area contributed by atoms with Gasteiger partial charge in [-0.15, -0.1) is 0 Å². The minimum Gasteiger partial charge on any atom is -0.468 e. The molecule has 2 aromatic carbocycles. The molecule has 1 saturated carbocycles. The van der Waals surface area contributed by atoms with Crippen LogP contribution in [-0.2, 0) is 39.3 Å². The number of nitrogens with zero attached hydrogens (tertiary/aromatic N) is 2. The minimum atomic E-state index is -5.14. The van der Waals surface area contributed by atoms with E-state index in [9.17, 15) is 49.1 Å². The number of hydrogen-bond donors (Lipinski definition) is 0. The average molecular weight is 627 g/mol. The maximum absolute atomic E-state index is 13.8. The number of alkyl halides is 9. The van der Waals surface area contributed by atoms with Gasteiger partial charge in [0.15, 0.2) is 0 Å². The zero-order valence-electron chi connectivity index (χ0n) is 22.7. The summed E-state index contributed by atoms with van der Waals surface area (Å²) >= 11 is 0. The van der Waals surface area contributed by atoms with Gasteiger partial charge < -0.3 is 14.4 Å². The largest absolute Gasteiger partial charge is 0.468 e. The Hall–Kier alpha value is -3.65. The van der Waals surface area contributed by atoms with E-state index < -0.39 is 59.5 Å². The fourth-order valence-electron chi connectivity index (χ4n) is 5.52. The molecule has 2 atom stereocenters. The number of methoxy groups -OCH3 is 1. The number of hydrogen-bond acceptors (Lipinski definition) is 5. The topological polar surface area (TPSA) is 59.1 Å². The van der Waals surface area contributed by atoms with Crippen molar-refractivity contribution in [1.29, 1.82) is 0 Å². The molecular formula is C28H27F9N2O4. The van der Waals surface area contributed by atoms with Gasteiger partial charge in [-0.05, 0) is 79.1 Å². The molecule has 2 aromatic rings. The lowest BCUT2D eigenvalue weighted by Crippen LogP contribution is -2.47. The SMILES string of the molecule is COC(=O)N(Cc1cc(C(F)(F)F)cc(C(F)(F)F)c1)C1CC(C2CC2)N(CCCOC=O)c2ccc(C(F)(F)F)cc21. The van der Waals surface area contributed by atoms with Crippen molar-refractivity contribution in [3.05, 3.63) is 64.2 Å². The highest BCUT2D eigenvalue weighted by Gasteiger charge is 2.45. The molecular weight excluding hydrogens is 599 g/mol. The van der Waals surface area contributed by atoms with Crippen molar-refractivity contribution in [2.24, 2.45) is 5.92 Å². The molecule has 0 saturated heterocycles. The Morgan fingerprint density at radius 3 is 2.05 bits per heavy atom. The van der Waals surface area contributed by atoms with E-state index in [4.69, 9.17) is 9.47 Å². The molecule has 0 bridgehead atoms. The van der Waals surface area contributed by atoms with Crippen LogP contribution in [0, 0.1) is 5.92 Å². The van der Waals surface area contributed by atoms with E-state index in [0.29, 0.717) is 24.2 Å². The second-order valence-corrected chi connectivity index (χ2v) is 10.5. The smallest absolute Gasteiger partial charge is 0.416 e. The Morgan fingerprint density at radius 1 is 0.930 bits per heavy atom. The molecule has 1 aliphatic carbocycles. The van der Waals surface area contributed by atoms with E-state index in [1.165, 1.54) is 6.07 Å². The van der Waals surface area contributed by atoms with Crippen molar-refractivity contribution < 1.29 is 58.6 Å². The van der Waals surface area contributed by atoms with Crippen molar-refractivity contribution in [3.8, 4) is 0 Å². The first-order valence-electron chi connectivity index (χ1n) is 13.2. The Kier molecular flexibility index (Phi) is 9.12. The van der Waals surface area contributed by atoms with Gasteiger partial charge in [0, 0.05) is 24.8 Å². The highest BCUT2D eigenvalue weighted by atomic mass is 19.4. The van der Waals surface area contributed by atoms with Gasteiger partial charge in [0.1, 0.15) is 0 Å². The van der Waals surface area contributed by atoms with Gasteiger partial charge in [-0.3, -0.25) is 9.69 Å². The van der Waals surface area contributed by atoms with Crippen LogP contribution in [0.25, 0.3) is 0 Å². The van der Waals surface area contributed by atoms with E-state index in [0.717, 1.165) is 37.0 Å². The average Bonchev–Trinajstić information content (AvgIpc) is 3.77. The van der Waals surface area contributed by atoms with Gasteiger partial charge in [-0.1, -0.05) is 0 Å². The summed E-state index contributed by atoms with van der Waals surface area (Å²) in [4.78, 5) is 26.4. The molecule has 1 fully saturated rings. The molecule has 15 heteroatoms. The van der Waals surface area contributed by atoms with Crippen LogP contribution >= 0.6 is 0 Å². The molecule has 2 unspecified atom stereocenters. The lowest BCUT2D eigenvalue weighted by Gasteiger charge is -2.46. The molecule has 4 rings (SSSR count). The first kappa shape index (κ1) is 32.3. The predicted molar refractivity (Wildman–Crippen MR) is 134 cm³/mol. The third-order valence-corrected chi connectivity index (χ3v) is 7.57. The highest BCUT2D eigenvalue weighted by molar-refractivity contribution is 5.70. The Labute approximate surface area is 240 Å². The third-order valence-electron chi connectivity index (χ3n) is 7.57. The molecule has 236 valence electrons. The first-order valence-corrected chi connectivity index (χ1v) is 13.2. The maximum Gasteiger partial charge on any atom is 0.416 e. The molecule has 2 aliphatic rings. The van der Waals surface area contributed by atoms with Crippen LogP contribution in [0.1, 0.15) is 59.5 Å². The number of amides is 1. The monoisotopic (exact) mass is 626 g/mol. The molecule has 0 radical (unpaired) electrons. The number of carbonyl (C=O) groups is 2. The fourth-order valence-corrected chi connectivity index (χ4v) is 5.52. The number of carbonyl (C=O) groups excluding carboxylic acids is 2. The number of fused-ring (bicyclic) bond motifs is 1. The van der Waals surface area contributed by atoms with Gasteiger partial charge in [-0.25, -0.2) is 4.79 Å². The zero-order chi connectivity index (χ0) is 31.7. The number of benzene rings is 2. The Bertz CT molecular complexity index is 1290. The van der Waals surface area contributed by atoms with Crippen LogP contribution in [0.15, 0.2) is 36.4 Å². The van der Waals surface area contributed by atoms with Gasteiger partial charge in [-0.2, -0.15) is 39.5 Å². The molecule has 0 N–H and O–H groups in total. The summed E-state index contributed by atoms with van der Waals surface area (Å²) in [6.45, 7) is -0.214. The van der Waals surface area contributed by atoms with E-state index in [-0.39, 0.29) is 49.6 Å². The number of rotatable bonds is 9. The van der Waals surface area contributed by atoms with Gasteiger partial charge >= 0.3 is 24.6 Å². The number of halogens is 9. The van der Waals surface area contributed by atoms with Crippen LogP contribution in [-0.4, -0.2) is 43.8 Å². The number of ether oxygens (including phenoxy) is 2. The van der Waals surface area contributed by atoms with Gasteiger partial charge in [0.2, 0.25) is 0 Å². The van der Waals surface area contributed by atoms with Crippen LogP contribution < -0.4 is 4.90 Å².